The number of benzene rings is 1. The molecule has 2 unspecified atom stereocenters. The summed E-state index contributed by atoms with van der Waals surface area (Å²) in [5.41, 5.74) is 0.685. The van der Waals surface area contributed by atoms with Crippen LogP contribution in [0, 0.1) is 16.0 Å². The molecule has 0 amide bonds. The molecule has 0 spiro atoms. The van der Waals surface area contributed by atoms with Gasteiger partial charge in [0.05, 0.1) is 11.0 Å². The highest BCUT2D eigenvalue weighted by molar-refractivity contribution is 6.30. The van der Waals surface area contributed by atoms with E-state index in [0.717, 1.165) is 32.2 Å². The van der Waals surface area contributed by atoms with Crippen LogP contribution in [0.15, 0.2) is 18.2 Å². The Kier molecular flexibility index (Phi) is 5.34. The van der Waals surface area contributed by atoms with Crippen molar-refractivity contribution in [3.05, 3.63) is 38.9 Å². The maximum absolute atomic E-state index is 11.0. The lowest BCUT2D eigenvalue weighted by atomic mass is 9.87. The van der Waals surface area contributed by atoms with Gasteiger partial charge in [-0.3, -0.25) is 10.1 Å². The number of halogens is 1. The Morgan fingerprint density at radius 3 is 2.95 bits per heavy atom. The molecule has 2 rings (SSSR count). The van der Waals surface area contributed by atoms with E-state index in [1.165, 1.54) is 6.07 Å². The van der Waals surface area contributed by atoms with Crippen molar-refractivity contribution in [1.29, 1.82) is 0 Å². The van der Waals surface area contributed by atoms with Crippen LogP contribution >= 0.6 is 11.6 Å². The molecule has 20 heavy (non-hydrogen) atoms. The summed E-state index contributed by atoms with van der Waals surface area (Å²) in [5, 5.41) is 24.2. The molecule has 0 radical (unpaired) electrons. The summed E-state index contributed by atoms with van der Waals surface area (Å²) in [6.45, 7) is 1.22. The second kappa shape index (κ2) is 7.02. The topological polar surface area (TPSA) is 75.4 Å². The van der Waals surface area contributed by atoms with Gasteiger partial charge in [-0.15, -0.1) is 0 Å². The van der Waals surface area contributed by atoms with Crippen molar-refractivity contribution in [3.63, 3.8) is 0 Å². The molecule has 0 saturated heterocycles. The molecule has 0 aromatic heterocycles. The van der Waals surface area contributed by atoms with E-state index in [0.29, 0.717) is 23.0 Å². The van der Waals surface area contributed by atoms with Crippen LogP contribution in [0.25, 0.3) is 0 Å². The van der Waals surface area contributed by atoms with Gasteiger partial charge in [0.1, 0.15) is 0 Å². The van der Waals surface area contributed by atoms with E-state index in [9.17, 15) is 15.2 Å². The van der Waals surface area contributed by atoms with E-state index >= 15 is 0 Å². The lowest BCUT2D eigenvalue weighted by molar-refractivity contribution is -0.385. The third kappa shape index (κ3) is 4.16. The minimum absolute atomic E-state index is 0.0497. The second-order valence-electron chi connectivity index (χ2n) is 5.35. The van der Waals surface area contributed by atoms with Crippen molar-refractivity contribution in [2.75, 3.05) is 6.54 Å². The first-order chi connectivity index (χ1) is 9.56. The molecule has 1 saturated carbocycles. The van der Waals surface area contributed by atoms with Gasteiger partial charge >= 0.3 is 0 Å². The zero-order valence-electron chi connectivity index (χ0n) is 11.2. The Labute approximate surface area is 123 Å². The highest BCUT2D eigenvalue weighted by Crippen LogP contribution is 2.25. The van der Waals surface area contributed by atoms with E-state index in [2.05, 4.69) is 5.32 Å². The summed E-state index contributed by atoms with van der Waals surface area (Å²) < 4.78 is 0. The molecule has 0 heterocycles. The van der Waals surface area contributed by atoms with Crippen LogP contribution in [0.4, 0.5) is 5.69 Å². The average Bonchev–Trinajstić information content (AvgIpc) is 2.40. The van der Waals surface area contributed by atoms with Gasteiger partial charge in [-0.25, -0.2) is 0 Å². The number of nitrogens with zero attached hydrogens (tertiary/aromatic N) is 1. The summed E-state index contributed by atoms with van der Waals surface area (Å²) in [5.74, 6) is 0.449. The van der Waals surface area contributed by atoms with Crippen LogP contribution in [0.1, 0.15) is 31.2 Å². The minimum Gasteiger partial charge on any atom is -0.393 e. The largest absolute Gasteiger partial charge is 0.393 e. The molecule has 110 valence electrons. The molecule has 6 heteroatoms. The van der Waals surface area contributed by atoms with Crippen LogP contribution < -0.4 is 5.32 Å². The maximum Gasteiger partial charge on any atom is 0.275 e. The Morgan fingerprint density at radius 1 is 1.45 bits per heavy atom. The van der Waals surface area contributed by atoms with Gasteiger partial charge in [0.2, 0.25) is 0 Å². The molecule has 0 aliphatic heterocycles. The van der Waals surface area contributed by atoms with Crippen LogP contribution in [0.5, 0.6) is 0 Å². The van der Waals surface area contributed by atoms with Crippen molar-refractivity contribution in [2.45, 2.75) is 38.3 Å². The van der Waals surface area contributed by atoms with Crippen LogP contribution in [0.3, 0.4) is 0 Å². The molecule has 1 aromatic rings. The number of nitro benzene ring substituents is 1. The number of hydrogen-bond acceptors (Lipinski definition) is 4. The number of aliphatic hydroxyl groups is 1. The first-order valence-electron chi connectivity index (χ1n) is 6.88. The first kappa shape index (κ1) is 15.2. The minimum atomic E-state index is -0.409. The average molecular weight is 299 g/mol. The normalized spacial score (nSPS) is 22.7. The molecule has 1 fully saturated rings. The van der Waals surface area contributed by atoms with Gasteiger partial charge in [-0.05, 0) is 43.9 Å². The molecule has 5 nitrogen and oxygen atoms in total. The van der Waals surface area contributed by atoms with Crippen molar-refractivity contribution in [3.8, 4) is 0 Å². The predicted molar refractivity (Wildman–Crippen MR) is 77.8 cm³/mol. The quantitative estimate of drug-likeness (QED) is 0.647. The molecule has 2 N–H and O–H groups in total. The lowest BCUT2D eigenvalue weighted by Crippen LogP contribution is -2.29. The number of hydrogen-bond donors (Lipinski definition) is 2. The Morgan fingerprint density at radius 2 is 2.25 bits per heavy atom. The van der Waals surface area contributed by atoms with Crippen molar-refractivity contribution < 1.29 is 10.0 Å². The summed E-state index contributed by atoms with van der Waals surface area (Å²) >= 11 is 5.78. The van der Waals surface area contributed by atoms with Gasteiger partial charge in [-0.1, -0.05) is 18.0 Å². The summed E-state index contributed by atoms with van der Waals surface area (Å²) in [4.78, 5) is 10.6. The van der Waals surface area contributed by atoms with E-state index in [1.54, 1.807) is 12.1 Å². The van der Waals surface area contributed by atoms with Crippen LogP contribution in [-0.4, -0.2) is 22.7 Å². The van der Waals surface area contributed by atoms with E-state index < -0.39 is 4.92 Å². The Hall–Kier alpha value is -1.17. The molecule has 1 aromatic carbocycles. The zero-order chi connectivity index (χ0) is 14.5. The number of nitrogens with one attached hydrogen (secondary N) is 1. The van der Waals surface area contributed by atoms with Crippen molar-refractivity contribution in [2.24, 2.45) is 5.92 Å². The fourth-order valence-electron chi connectivity index (χ4n) is 2.72. The summed E-state index contributed by atoms with van der Waals surface area (Å²) in [6.07, 6.45) is 3.66. The van der Waals surface area contributed by atoms with Crippen molar-refractivity contribution in [1.82, 2.24) is 5.32 Å². The monoisotopic (exact) mass is 298 g/mol. The molecular weight excluding hydrogens is 280 g/mol. The summed E-state index contributed by atoms with van der Waals surface area (Å²) in [7, 11) is 0. The van der Waals surface area contributed by atoms with Crippen LogP contribution in [0.2, 0.25) is 5.02 Å². The fourth-order valence-corrected chi connectivity index (χ4v) is 2.88. The predicted octanol–water partition coefficient (Wildman–Crippen LogP) is 2.89. The molecule has 0 bridgehead atoms. The van der Waals surface area contributed by atoms with Gasteiger partial charge in [0.15, 0.2) is 0 Å². The van der Waals surface area contributed by atoms with Gasteiger partial charge in [0, 0.05) is 23.2 Å². The van der Waals surface area contributed by atoms with E-state index in [1.807, 2.05) is 0 Å². The van der Waals surface area contributed by atoms with Crippen molar-refractivity contribution >= 4 is 17.3 Å². The van der Waals surface area contributed by atoms with Gasteiger partial charge < -0.3 is 10.4 Å². The Bertz CT molecular complexity index is 481. The highest BCUT2D eigenvalue weighted by Gasteiger charge is 2.20. The molecular formula is C14H19ClN2O3. The number of aliphatic hydroxyl groups excluding tert-OH is 1. The lowest BCUT2D eigenvalue weighted by Gasteiger charge is -2.26. The number of nitro groups is 1. The number of rotatable bonds is 5. The van der Waals surface area contributed by atoms with E-state index in [-0.39, 0.29) is 11.8 Å². The smallest absolute Gasteiger partial charge is 0.275 e. The van der Waals surface area contributed by atoms with Gasteiger partial charge in [0.25, 0.3) is 5.69 Å². The zero-order valence-corrected chi connectivity index (χ0v) is 12.0. The summed E-state index contributed by atoms with van der Waals surface area (Å²) in [6, 6.07) is 4.72. The third-order valence-corrected chi connectivity index (χ3v) is 3.98. The standard InChI is InChI=1S/C14H19ClN2O3/c15-12-5-4-11(14(7-12)17(19)20)9-16-8-10-2-1-3-13(18)6-10/h4-5,7,10,13,16,18H,1-3,6,8-9H2. The molecule has 1 aliphatic rings. The van der Waals surface area contributed by atoms with Gasteiger partial charge in [-0.2, -0.15) is 0 Å². The fraction of sp³-hybridized carbons (Fsp3) is 0.571. The molecule has 2 atom stereocenters. The van der Waals surface area contributed by atoms with E-state index in [4.69, 9.17) is 11.6 Å². The first-order valence-corrected chi connectivity index (χ1v) is 7.25. The third-order valence-electron chi connectivity index (χ3n) is 3.75. The SMILES string of the molecule is O=[N+]([O-])c1cc(Cl)ccc1CNCC1CCCC(O)C1. The molecule has 1 aliphatic carbocycles. The highest BCUT2D eigenvalue weighted by atomic mass is 35.5. The second-order valence-corrected chi connectivity index (χ2v) is 5.78. The maximum atomic E-state index is 11.0. The van der Waals surface area contributed by atoms with Crippen LogP contribution in [-0.2, 0) is 6.54 Å². The Balaban J connectivity index is 1.89.